The molecule has 0 atom stereocenters. The summed E-state index contributed by atoms with van der Waals surface area (Å²) in [7, 11) is 1.28. The van der Waals surface area contributed by atoms with Crippen molar-refractivity contribution in [3.63, 3.8) is 0 Å². The smallest absolute Gasteiger partial charge is 0.449 e. The van der Waals surface area contributed by atoms with Gasteiger partial charge in [0, 0.05) is 26.1 Å². The minimum Gasteiger partial charge on any atom is -0.488 e. The zero-order valence-corrected chi connectivity index (χ0v) is 24.8. The SMILES string of the molecule is CC(=O)N1CCC(C2=CC=C(COc3c(-c4ccnc(-n5ncc(C(=O)O)c5C(F)(F)F)[n+]4C)cccc3C(F)(F)F)CC2)CC1. The van der Waals surface area contributed by atoms with Gasteiger partial charge in [-0.25, -0.2) is 9.36 Å². The first kappa shape index (κ1) is 32.7. The number of piperidine rings is 1. The van der Waals surface area contributed by atoms with Gasteiger partial charge >= 0.3 is 24.3 Å². The molecule has 5 rings (SSSR count). The lowest BCUT2D eigenvalue weighted by Gasteiger charge is -2.33. The summed E-state index contributed by atoms with van der Waals surface area (Å²) in [6.45, 7) is 2.75. The fourth-order valence-electron chi connectivity index (χ4n) is 5.88. The summed E-state index contributed by atoms with van der Waals surface area (Å²) in [6, 6.07) is 4.68. The molecule has 1 fully saturated rings. The number of hydrogen-bond acceptors (Lipinski definition) is 5. The molecule has 1 aromatic carbocycles. The number of benzene rings is 1. The minimum absolute atomic E-state index is 0.0170. The number of halogens is 6. The highest BCUT2D eigenvalue weighted by Gasteiger charge is 2.45. The zero-order valence-electron chi connectivity index (χ0n) is 24.8. The van der Waals surface area contributed by atoms with Gasteiger partial charge in [-0.05, 0) is 49.3 Å². The van der Waals surface area contributed by atoms with Crippen LogP contribution in [0.4, 0.5) is 26.3 Å². The predicted octanol–water partition coefficient (Wildman–Crippen LogP) is 5.78. The van der Waals surface area contributed by atoms with Gasteiger partial charge in [0.2, 0.25) is 11.6 Å². The average Bonchev–Trinajstić information content (AvgIpc) is 3.46. The maximum absolute atomic E-state index is 14.2. The summed E-state index contributed by atoms with van der Waals surface area (Å²) in [5, 5.41) is 12.9. The molecule has 9 nitrogen and oxygen atoms in total. The van der Waals surface area contributed by atoms with E-state index in [2.05, 4.69) is 10.1 Å². The number of hydrogen-bond donors (Lipinski definition) is 1. The van der Waals surface area contributed by atoms with E-state index in [9.17, 15) is 41.0 Å². The molecular formula is C31H30F6N5O4+. The fourth-order valence-corrected chi connectivity index (χ4v) is 5.88. The maximum atomic E-state index is 14.2. The molecule has 1 aliphatic heterocycles. The van der Waals surface area contributed by atoms with Gasteiger partial charge in [0.15, 0.2) is 0 Å². The van der Waals surface area contributed by atoms with E-state index in [1.165, 1.54) is 24.8 Å². The van der Waals surface area contributed by atoms with Gasteiger partial charge in [0.05, 0.1) is 24.4 Å². The molecule has 2 aromatic heterocycles. The lowest BCUT2D eigenvalue weighted by atomic mass is 9.83. The number of likely N-dealkylation sites (tertiary alicyclic amines) is 1. The Bertz CT molecular complexity index is 1720. The number of alkyl halides is 6. The van der Waals surface area contributed by atoms with Crippen molar-refractivity contribution in [3.8, 4) is 23.0 Å². The second-order valence-corrected chi connectivity index (χ2v) is 11.1. The first-order valence-electron chi connectivity index (χ1n) is 14.4. The normalized spacial score (nSPS) is 16.2. The molecule has 0 bridgehead atoms. The highest BCUT2D eigenvalue weighted by Crippen LogP contribution is 2.42. The van der Waals surface area contributed by atoms with Gasteiger partial charge in [-0.1, -0.05) is 33.5 Å². The van der Waals surface area contributed by atoms with Gasteiger partial charge in [-0.3, -0.25) is 4.79 Å². The Kier molecular flexibility index (Phi) is 8.96. The molecular weight excluding hydrogens is 620 g/mol. The summed E-state index contributed by atoms with van der Waals surface area (Å²) < 4.78 is 91.6. The molecule has 3 aromatic rings. The van der Waals surface area contributed by atoms with Crippen LogP contribution in [-0.4, -0.2) is 56.3 Å². The second-order valence-electron chi connectivity index (χ2n) is 11.1. The molecule has 0 radical (unpaired) electrons. The number of aromatic carboxylic acids is 1. The largest absolute Gasteiger partial charge is 0.488 e. The van der Waals surface area contributed by atoms with E-state index in [1.54, 1.807) is 6.92 Å². The lowest BCUT2D eigenvalue weighted by molar-refractivity contribution is -0.658. The minimum atomic E-state index is -5.13. The Labute approximate surface area is 259 Å². The quantitative estimate of drug-likeness (QED) is 0.257. The number of ether oxygens (including phenoxy) is 1. The van der Waals surface area contributed by atoms with Gasteiger partial charge in [0.25, 0.3) is 0 Å². The molecule has 1 amide bonds. The van der Waals surface area contributed by atoms with Crippen LogP contribution in [0.25, 0.3) is 17.2 Å². The van der Waals surface area contributed by atoms with E-state index in [1.807, 2.05) is 17.1 Å². The first-order chi connectivity index (χ1) is 21.7. The van der Waals surface area contributed by atoms with Crippen LogP contribution in [0.15, 0.2) is 60.0 Å². The highest BCUT2D eigenvalue weighted by molar-refractivity contribution is 5.89. The third-order valence-corrected chi connectivity index (χ3v) is 8.27. The van der Waals surface area contributed by atoms with Crippen LogP contribution < -0.4 is 9.30 Å². The summed E-state index contributed by atoms with van der Waals surface area (Å²) >= 11 is 0. The molecule has 0 spiro atoms. The molecule has 244 valence electrons. The van der Waals surface area contributed by atoms with Crippen molar-refractivity contribution < 1.29 is 50.3 Å². The lowest BCUT2D eigenvalue weighted by Crippen LogP contribution is -2.39. The Morgan fingerprint density at radius 2 is 1.76 bits per heavy atom. The highest BCUT2D eigenvalue weighted by atomic mass is 19.4. The Morgan fingerprint density at radius 1 is 1.04 bits per heavy atom. The number of allylic oxidation sites excluding steroid dienone is 3. The van der Waals surface area contributed by atoms with Crippen LogP contribution in [0.5, 0.6) is 5.75 Å². The number of carboxylic acid groups (broad SMARTS) is 1. The van der Waals surface area contributed by atoms with Crippen LogP contribution in [-0.2, 0) is 24.2 Å². The third kappa shape index (κ3) is 6.63. The van der Waals surface area contributed by atoms with Gasteiger partial charge in [-0.15, -0.1) is 5.10 Å². The summed E-state index contributed by atoms with van der Waals surface area (Å²) in [6.07, 6.45) is -1.54. The number of para-hydroxylation sites is 1. The molecule has 3 heterocycles. The van der Waals surface area contributed by atoms with Crippen LogP contribution >= 0.6 is 0 Å². The van der Waals surface area contributed by atoms with E-state index in [0.29, 0.717) is 42.7 Å². The summed E-state index contributed by atoms with van der Waals surface area (Å²) in [5.41, 5.74) is -1.84. The Balaban J connectivity index is 1.47. The van der Waals surface area contributed by atoms with Gasteiger partial charge in [0.1, 0.15) is 29.8 Å². The number of carboxylic acids is 1. The van der Waals surface area contributed by atoms with Crippen molar-refractivity contribution in [2.45, 2.75) is 45.0 Å². The van der Waals surface area contributed by atoms with Crippen molar-refractivity contribution in [2.24, 2.45) is 13.0 Å². The second kappa shape index (κ2) is 12.6. The topological polar surface area (TPSA) is 101 Å². The van der Waals surface area contributed by atoms with Crippen LogP contribution in [0.2, 0.25) is 0 Å². The monoisotopic (exact) mass is 650 g/mol. The van der Waals surface area contributed by atoms with Crippen LogP contribution in [0.1, 0.15) is 54.2 Å². The van der Waals surface area contributed by atoms with Crippen LogP contribution in [0, 0.1) is 5.92 Å². The molecule has 1 N–H and O–H groups in total. The van der Waals surface area contributed by atoms with Crippen molar-refractivity contribution in [3.05, 3.63) is 76.8 Å². The van der Waals surface area contributed by atoms with Crippen molar-refractivity contribution >= 4 is 11.9 Å². The standard InChI is InChI=1S/C31H29F6N5O4/c1-18(43)41-14-11-21(12-15-41)20-8-6-19(7-9-20)17-46-26-22(4-3-5-24(26)30(32,33)34)25-10-13-38-29(40(25)2)42-27(31(35,36)37)23(16-39-42)28(44)45/h3-6,8,10,13,16,21H,7,9,11-12,14-15,17H2,1-2H3/p+1. The van der Waals surface area contributed by atoms with E-state index in [-0.39, 0.29) is 23.8 Å². The van der Waals surface area contributed by atoms with Gasteiger partial charge in [-0.2, -0.15) is 26.3 Å². The van der Waals surface area contributed by atoms with Crippen LogP contribution in [0.3, 0.4) is 0 Å². The van der Waals surface area contributed by atoms with Crippen molar-refractivity contribution in [2.75, 3.05) is 19.7 Å². The van der Waals surface area contributed by atoms with Crippen molar-refractivity contribution in [1.82, 2.24) is 19.7 Å². The molecule has 2 aliphatic rings. The molecule has 0 saturated carbocycles. The van der Waals surface area contributed by atoms with Gasteiger partial charge < -0.3 is 14.7 Å². The predicted molar refractivity (Wildman–Crippen MR) is 151 cm³/mol. The third-order valence-electron chi connectivity index (χ3n) is 8.27. The van der Waals surface area contributed by atoms with E-state index < -0.39 is 46.8 Å². The summed E-state index contributed by atoms with van der Waals surface area (Å²) in [4.78, 5) is 28.9. The molecule has 1 aliphatic carbocycles. The van der Waals surface area contributed by atoms with Crippen molar-refractivity contribution in [1.29, 1.82) is 0 Å². The molecule has 0 unspecified atom stereocenters. The summed E-state index contributed by atoms with van der Waals surface area (Å²) in [5.74, 6) is -2.49. The number of carbonyl (C=O) groups is 2. The fraction of sp³-hybridized carbons (Fsp3) is 0.387. The number of carbonyl (C=O) groups excluding carboxylic acids is 1. The maximum Gasteiger partial charge on any atom is 0.449 e. The van der Waals surface area contributed by atoms with E-state index in [4.69, 9.17) is 4.74 Å². The number of nitrogens with zero attached hydrogens (tertiary/aromatic N) is 5. The van der Waals surface area contributed by atoms with E-state index >= 15 is 0 Å². The average molecular weight is 651 g/mol. The molecule has 46 heavy (non-hydrogen) atoms. The number of amides is 1. The Hall–Kier alpha value is -4.69. The zero-order chi connectivity index (χ0) is 33.4. The number of aromatic nitrogens is 4. The number of rotatable bonds is 7. The molecule has 1 saturated heterocycles. The van der Waals surface area contributed by atoms with E-state index in [0.717, 1.165) is 41.3 Å². The first-order valence-corrected chi connectivity index (χ1v) is 14.4. The Morgan fingerprint density at radius 3 is 2.35 bits per heavy atom. The molecule has 15 heteroatoms.